The van der Waals surface area contributed by atoms with Crippen LogP contribution in [0.5, 0.6) is 0 Å². The quantitative estimate of drug-likeness (QED) is 0.540. The lowest BCUT2D eigenvalue weighted by Crippen LogP contribution is -1.93. The normalized spacial score (nSPS) is 11.0. The number of nitrogens with one attached hydrogen (secondary N) is 3. The van der Waals surface area contributed by atoms with Crippen LogP contribution in [-0.4, -0.2) is 24.9 Å². The van der Waals surface area contributed by atoms with E-state index in [2.05, 4.69) is 36.3 Å². The smallest absolute Gasteiger partial charge is 0.208 e. The molecule has 0 amide bonds. The minimum atomic E-state index is 0.660. The highest BCUT2D eigenvalue weighted by Crippen LogP contribution is 2.24. The Hall–Kier alpha value is -3.15. The molecule has 0 bridgehead atoms. The van der Waals surface area contributed by atoms with Crippen molar-refractivity contribution in [2.24, 2.45) is 0 Å². The summed E-state index contributed by atoms with van der Waals surface area (Å²) in [6.45, 7) is 1.96. The molecule has 0 aliphatic carbocycles. The maximum atomic E-state index is 4.56. The van der Waals surface area contributed by atoms with Crippen LogP contribution in [-0.2, 0) is 0 Å². The van der Waals surface area contributed by atoms with Crippen molar-refractivity contribution in [1.29, 1.82) is 0 Å². The van der Waals surface area contributed by atoms with Gasteiger partial charge in [-0.1, -0.05) is 12.1 Å². The van der Waals surface area contributed by atoms with Crippen LogP contribution >= 0.6 is 0 Å². The topological polar surface area (TPSA) is 82.3 Å². The van der Waals surface area contributed by atoms with Gasteiger partial charge in [0.05, 0.1) is 11.0 Å². The molecule has 0 atom stereocenters. The number of aromatic nitrogens is 5. The molecule has 6 nitrogen and oxygen atoms in total. The summed E-state index contributed by atoms with van der Waals surface area (Å²) >= 11 is 0. The highest BCUT2D eigenvalue weighted by atomic mass is 15.2. The van der Waals surface area contributed by atoms with E-state index in [1.165, 1.54) is 0 Å². The molecule has 0 spiro atoms. The zero-order chi connectivity index (χ0) is 14.9. The second kappa shape index (κ2) is 5.00. The first-order valence-electron chi connectivity index (χ1n) is 6.97. The lowest BCUT2D eigenvalue weighted by atomic mass is 10.1. The first-order chi connectivity index (χ1) is 10.8. The molecule has 3 N–H and O–H groups in total. The van der Waals surface area contributed by atoms with Crippen molar-refractivity contribution in [3.8, 4) is 11.1 Å². The largest absolute Gasteiger partial charge is 0.328 e. The zero-order valence-corrected chi connectivity index (χ0v) is 12.0. The van der Waals surface area contributed by atoms with Crippen LogP contribution in [0, 0.1) is 6.92 Å². The SMILES string of the molecule is Cc1cnc(Nc2nc3cc(-c4cccnc4)ccc3[nH]2)[nH]1. The Bertz CT molecular complexity index is 922. The second-order valence-electron chi connectivity index (χ2n) is 5.10. The fraction of sp³-hybridized carbons (Fsp3) is 0.0625. The van der Waals surface area contributed by atoms with Gasteiger partial charge in [0.2, 0.25) is 11.9 Å². The molecule has 0 aliphatic heterocycles. The van der Waals surface area contributed by atoms with Gasteiger partial charge in [-0.05, 0) is 30.7 Å². The number of anilines is 2. The van der Waals surface area contributed by atoms with Gasteiger partial charge in [-0.15, -0.1) is 0 Å². The van der Waals surface area contributed by atoms with Crippen molar-refractivity contribution >= 4 is 22.9 Å². The Labute approximate surface area is 126 Å². The van der Waals surface area contributed by atoms with Gasteiger partial charge in [0.15, 0.2) is 0 Å². The monoisotopic (exact) mass is 290 g/mol. The average molecular weight is 290 g/mol. The molecule has 3 heterocycles. The number of hydrogen-bond donors (Lipinski definition) is 3. The fourth-order valence-corrected chi connectivity index (χ4v) is 2.37. The number of hydrogen-bond acceptors (Lipinski definition) is 4. The highest BCUT2D eigenvalue weighted by Gasteiger charge is 2.06. The average Bonchev–Trinajstić information content (AvgIpc) is 3.13. The molecule has 4 rings (SSSR count). The Balaban J connectivity index is 1.69. The Morgan fingerprint density at radius 2 is 1.95 bits per heavy atom. The Kier molecular flexibility index (Phi) is 2.86. The van der Waals surface area contributed by atoms with Gasteiger partial charge < -0.3 is 9.97 Å². The number of pyridine rings is 1. The fourth-order valence-electron chi connectivity index (χ4n) is 2.37. The van der Waals surface area contributed by atoms with Gasteiger partial charge in [-0.25, -0.2) is 9.97 Å². The predicted octanol–water partition coefficient (Wildman–Crippen LogP) is 3.40. The van der Waals surface area contributed by atoms with Gasteiger partial charge in [-0.2, -0.15) is 0 Å². The van der Waals surface area contributed by atoms with Crippen molar-refractivity contribution in [2.45, 2.75) is 6.92 Å². The zero-order valence-electron chi connectivity index (χ0n) is 12.0. The van der Waals surface area contributed by atoms with Crippen LogP contribution in [0.3, 0.4) is 0 Å². The summed E-state index contributed by atoms with van der Waals surface area (Å²) in [6, 6.07) is 10.1. The lowest BCUT2D eigenvalue weighted by molar-refractivity contribution is 1.20. The summed E-state index contributed by atoms with van der Waals surface area (Å²) in [7, 11) is 0. The van der Waals surface area contributed by atoms with E-state index < -0.39 is 0 Å². The van der Waals surface area contributed by atoms with E-state index in [-0.39, 0.29) is 0 Å². The molecule has 1 aromatic carbocycles. The van der Waals surface area contributed by atoms with E-state index in [0.717, 1.165) is 27.9 Å². The molecule has 0 unspecified atom stereocenters. The summed E-state index contributed by atoms with van der Waals surface area (Å²) in [6.07, 6.45) is 5.38. The standard InChI is InChI=1S/C16H14N6/c1-10-8-18-15(19-10)22-16-20-13-5-4-11(7-14(13)21-16)12-3-2-6-17-9-12/h2-9H,1H3,(H3,18,19,20,21,22). The van der Waals surface area contributed by atoms with Crippen LogP contribution in [0.1, 0.15) is 5.69 Å². The number of imidazole rings is 2. The van der Waals surface area contributed by atoms with E-state index in [1.807, 2.05) is 37.4 Å². The van der Waals surface area contributed by atoms with E-state index >= 15 is 0 Å². The van der Waals surface area contributed by atoms with Crippen LogP contribution in [0.25, 0.3) is 22.2 Å². The lowest BCUT2D eigenvalue weighted by Gasteiger charge is -1.99. The van der Waals surface area contributed by atoms with Crippen molar-refractivity contribution in [2.75, 3.05) is 5.32 Å². The van der Waals surface area contributed by atoms with E-state index in [0.29, 0.717) is 11.9 Å². The van der Waals surface area contributed by atoms with Crippen molar-refractivity contribution in [3.63, 3.8) is 0 Å². The summed E-state index contributed by atoms with van der Waals surface area (Å²) in [4.78, 5) is 19.3. The van der Waals surface area contributed by atoms with Crippen molar-refractivity contribution < 1.29 is 0 Å². The molecule has 0 aliphatic rings. The molecule has 6 heteroatoms. The minimum Gasteiger partial charge on any atom is -0.328 e. The third-order valence-electron chi connectivity index (χ3n) is 3.42. The summed E-state index contributed by atoms with van der Waals surface area (Å²) < 4.78 is 0. The molecule has 0 saturated heterocycles. The predicted molar refractivity (Wildman–Crippen MR) is 85.9 cm³/mol. The van der Waals surface area contributed by atoms with Crippen molar-refractivity contribution in [1.82, 2.24) is 24.9 Å². The molecule has 0 saturated carbocycles. The number of rotatable bonds is 3. The Morgan fingerprint density at radius 1 is 1.00 bits per heavy atom. The summed E-state index contributed by atoms with van der Waals surface area (Å²) in [5.41, 5.74) is 5.03. The molecule has 3 aromatic heterocycles. The minimum absolute atomic E-state index is 0.660. The first kappa shape index (κ1) is 12.6. The van der Waals surface area contributed by atoms with Crippen LogP contribution < -0.4 is 5.32 Å². The van der Waals surface area contributed by atoms with Crippen molar-refractivity contribution in [3.05, 3.63) is 54.6 Å². The van der Waals surface area contributed by atoms with E-state index in [4.69, 9.17) is 0 Å². The van der Waals surface area contributed by atoms with Crippen LogP contribution in [0.4, 0.5) is 11.9 Å². The van der Waals surface area contributed by atoms with Gasteiger partial charge in [0.1, 0.15) is 0 Å². The molecule has 22 heavy (non-hydrogen) atoms. The second-order valence-corrected chi connectivity index (χ2v) is 5.10. The van der Waals surface area contributed by atoms with Gasteiger partial charge in [0.25, 0.3) is 0 Å². The molecule has 4 aromatic rings. The number of aryl methyl sites for hydroxylation is 1. The summed E-state index contributed by atoms with van der Waals surface area (Å²) in [5.74, 6) is 1.33. The number of aromatic amines is 2. The number of fused-ring (bicyclic) bond motifs is 1. The maximum absolute atomic E-state index is 4.56. The summed E-state index contributed by atoms with van der Waals surface area (Å²) in [5, 5.41) is 3.13. The van der Waals surface area contributed by atoms with Crippen LogP contribution in [0.15, 0.2) is 48.9 Å². The van der Waals surface area contributed by atoms with Gasteiger partial charge >= 0.3 is 0 Å². The molecular formula is C16H14N6. The molecule has 108 valence electrons. The first-order valence-corrected chi connectivity index (χ1v) is 6.97. The third kappa shape index (κ3) is 2.31. The van der Waals surface area contributed by atoms with E-state index in [1.54, 1.807) is 12.4 Å². The molecular weight excluding hydrogens is 276 g/mol. The van der Waals surface area contributed by atoms with Gasteiger partial charge in [0, 0.05) is 29.8 Å². The maximum Gasteiger partial charge on any atom is 0.208 e. The van der Waals surface area contributed by atoms with Crippen LogP contribution in [0.2, 0.25) is 0 Å². The third-order valence-corrected chi connectivity index (χ3v) is 3.42. The number of H-pyrrole nitrogens is 2. The highest BCUT2D eigenvalue weighted by molar-refractivity contribution is 5.83. The number of benzene rings is 1. The molecule has 0 radical (unpaired) electrons. The number of nitrogens with zero attached hydrogens (tertiary/aromatic N) is 3. The van der Waals surface area contributed by atoms with Gasteiger partial charge in [-0.3, -0.25) is 10.3 Å². The molecule has 0 fully saturated rings. The Morgan fingerprint density at radius 3 is 2.73 bits per heavy atom. The van der Waals surface area contributed by atoms with E-state index in [9.17, 15) is 0 Å².